The Bertz CT molecular complexity index is 1920. The first-order chi connectivity index (χ1) is 31.0. The summed E-state index contributed by atoms with van der Waals surface area (Å²) in [5.74, 6) is 3.09. The van der Waals surface area contributed by atoms with Crippen molar-refractivity contribution in [1.29, 1.82) is 0 Å². The van der Waals surface area contributed by atoms with Crippen molar-refractivity contribution in [1.82, 2.24) is 29.2 Å². The number of carbonyl (C=O) groups excluding carboxylic acids is 1. The molecule has 368 valence electrons. The molecule has 6 rings (SSSR count). The van der Waals surface area contributed by atoms with Crippen LogP contribution in [0.15, 0.2) is 48.8 Å². The molecular weight excluding hydrogens is 893 g/mol. The first-order valence-corrected chi connectivity index (χ1v) is 39.6. The minimum absolute atomic E-state index is 0.309. The number of hydrogen-bond acceptors (Lipinski definition) is 11. The monoisotopic (exact) mass is 979 g/mol. The fraction of sp³-hybridized carbons (Fsp3) is 0.694. The molecule has 2 saturated carbocycles. The van der Waals surface area contributed by atoms with E-state index in [1.54, 1.807) is 6.20 Å². The molecular formula is C49H86N8O5Si4. The Hall–Kier alpha value is -3.04. The van der Waals surface area contributed by atoms with Crippen molar-refractivity contribution in [3.05, 3.63) is 60.2 Å². The Labute approximate surface area is 401 Å². The molecule has 0 atom stereocenters. The molecule has 2 fully saturated rings. The highest BCUT2D eigenvalue weighted by molar-refractivity contribution is 6.77. The summed E-state index contributed by atoms with van der Waals surface area (Å²) in [4.78, 5) is 25.9. The maximum Gasteiger partial charge on any atom is 0.157 e. The Morgan fingerprint density at radius 1 is 0.545 bits per heavy atom. The first kappa shape index (κ1) is 53.9. The second-order valence-electron chi connectivity index (χ2n) is 23.6. The summed E-state index contributed by atoms with van der Waals surface area (Å²) >= 11 is 0. The largest absolute Gasteiger partial charge is 0.361 e. The molecule has 17 heteroatoms. The molecule has 0 spiro atoms. The second-order valence-corrected chi connectivity index (χ2v) is 46.1. The summed E-state index contributed by atoms with van der Waals surface area (Å²) in [6.45, 7) is 37.7. The number of allylic oxidation sites excluding steroid dienone is 1. The zero-order chi connectivity index (χ0) is 48.1. The zero-order valence-corrected chi connectivity index (χ0v) is 47.1. The summed E-state index contributed by atoms with van der Waals surface area (Å²) in [5, 5.41) is 9.11. The molecule has 2 aliphatic rings. The van der Waals surface area contributed by atoms with Crippen LogP contribution in [0.4, 0.5) is 11.6 Å². The van der Waals surface area contributed by atoms with Crippen LogP contribution < -0.4 is 9.80 Å². The van der Waals surface area contributed by atoms with E-state index < -0.39 is 32.3 Å². The van der Waals surface area contributed by atoms with Gasteiger partial charge in [0.1, 0.15) is 44.3 Å². The van der Waals surface area contributed by atoms with Gasteiger partial charge in [-0.15, -0.1) is 0 Å². The molecule has 13 nitrogen and oxygen atoms in total. The van der Waals surface area contributed by atoms with E-state index >= 15 is 0 Å². The summed E-state index contributed by atoms with van der Waals surface area (Å²) in [7, 11) is -4.58. The van der Waals surface area contributed by atoms with Crippen molar-refractivity contribution in [2.45, 2.75) is 166 Å². The van der Waals surface area contributed by atoms with Crippen LogP contribution in [0.25, 0.3) is 11.3 Å². The normalized spacial score (nSPS) is 16.0. The molecule has 0 bridgehead atoms. The molecule has 66 heavy (non-hydrogen) atoms. The predicted molar refractivity (Wildman–Crippen MR) is 283 cm³/mol. The molecule has 0 saturated heterocycles. The van der Waals surface area contributed by atoms with Gasteiger partial charge < -0.3 is 28.7 Å². The van der Waals surface area contributed by atoms with Crippen LogP contribution in [0.3, 0.4) is 0 Å². The molecule has 4 aromatic rings. The lowest BCUT2D eigenvalue weighted by Crippen LogP contribution is -2.33. The molecule has 4 heterocycles. The number of anilines is 2. The van der Waals surface area contributed by atoms with Crippen molar-refractivity contribution in [3.63, 3.8) is 0 Å². The molecule has 2 aliphatic carbocycles. The number of ketones is 1. The molecule has 0 radical (unpaired) electrons. The van der Waals surface area contributed by atoms with Crippen LogP contribution >= 0.6 is 0 Å². The number of Topliss-reactive ketones (excluding diaryl/α,β-unsaturated/α-hetero) is 1. The first-order valence-electron chi connectivity index (χ1n) is 24.7. The average Bonchev–Trinajstić information content (AvgIpc) is 3.92. The van der Waals surface area contributed by atoms with Gasteiger partial charge in [0.05, 0.1) is 12.4 Å². The quantitative estimate of drug-likeness (QED) is 0.0289. The van der Waals surface area contributed by atoms with Gasteiger partial charge in [-0.25, -0.2) is 9.97 Å². The second kappa shape index (κ2) is 24.5. The standard InChI is InChI=1S/C25H44N4O2Si2.C24H42N4O3Si2/c1-21-8-10-22(11-9-21)23-18-25(29-24(27-23)12-13-26-29)28(19-30-14-16-32(2,3)4)20-31-15-17-33(5,6)7;1-32(2,3)15-13-30-18-27(19-31-14-16-33(4,5)6)24-17-22(20-7-9-21(29)10-8-20)26-23-11-12-25-28(23)24/h12-13,18,22H,1,8-11,14-17,19-20H2,2-7H3;11-12,17,20H,7-10,13-16,18-19H2,1-6H3. The minimum atomic E-state index is -1.16. The molecule has 0 aliphatic heterocycles. The van der Waals surface area contributed by atoms with Gasteiger partial charge in [0.15, 0.2) is 11.3 Å². The lowest BCUT2D eigenvalue weighted by molar-refractivity contribution is -0.120. The van der Waals surface area contributed by atoms with E-state index in [4.69, 9.17) is 28.9 Å². The smallest absolute Gasteiger partial charge is 0.157 e. The molecule has 0 amide bonds. The van der Waals surface area contributed by atoms with Gasteiger partial charge in [-0.3, -0.25) is 4.79 Å². The number of nitrogens with zero attached hydrogens (tertiary/aromatic N) is 8. The lowest BCUT2D eigenvalue weighted by Gasteiger charge is -2.28. The van der Waals surface area contributed by atoms with Gasteiger partial charge in [0, 0.05) is 119 Å². The molecule has 4 aromatic heterocycles. The van der Waals surface area contributed by atoms with Crippen molar-refractivity contribution in [2.24, 2.45) is 0 Å². The van der Waals surface area contributed by atoms with Gasteiger partial charge >= 0.3 is 0 Å². The van der Waals surface area contributed by atoms with E-state index in [1.807, 2.05) is 27.4 Å². The Kier molecular flexibility index (Phi) is 20.0. The Morgan fingerprint density at radius 3 is 1.18 bits per heavy atom. The third-order valence-electron chi connectivity index (χ3n) is 12.4. The van der Waals surface area contributed by atoms with Gasteiger partial charge in [0.2, 0.25) is 0 Å². The highest BCUT2D eigenvalue weighted by Gasteiger charge is 2.26. The summed E-state index contributed by atoms with van der Waals surface area (Å²) < 4.78 is 28.4. The van der Waals surface area contributed by atoms with E-state index in [1.165, 1.54) is 5.57 Å². The van der Waals surface area contributed by atoms with Gasteiger partial charge in [-0.05, 0) is 62.7 Å². The highest BCUT2D eigenvalue weighted by atomic mass is 28.3. The van der Waals surface area contributed by atoms with Gasteiger partial charge in [-0.1, -0.05) is 90.7 Å². The molecule has 0 unspecified atom stereocenters. The van der Waals surface area contributed by atoms with Crippen LogP contribution in [0.2, 0.25) is 103 Å². The average molecular weight is 980 g/mol. The van der Waals surface area contributed by atoms with Gasteiger partial charge in [-0.2, -0.15) is 19.2 Å². The van der Waals surface area contributed by atoms with E-state index in [-0.39, 0.29) is 0 Å². The van der Waals surface area contributed by atoms with Crippen LogP contribution in [0, 0.1) is 0 Å². The molecule has 0 aromatic carbocycles. The Morgan fingerprint density at radius 2 is 0.864 bits per heavy atom. The van der Waals surface area contributed by atoms with Crippen molar-refractivity contribution in [3.8, 4) is 0 Å². The topological polar surface area (TPSA) is 121 Å². The number of carbonyl (C=O) groups is 1. The van der Waals surface area contributed by atoms with Crippen molar-refractivity contribution < 1.29 is 23.7 Å². The number of ether oxygens (including phenoxy) is 4. The summed E-state index contributed by atoms with van der Waals surface area (Å²) in [6, 6.07) is 12.8. The van der Waals surface area contributed by atoms with Crippen LogP contribution in [-0.2, 0) is 23.7 Å². The van der Waals surface area contributed by atoms with Crippen LogP contribution in [0.1, 0.15) is 74.6 Å². The minimum Gasteiger partial charge on any atom is -0.361 e. The number of aromatic nitrogens is 6. The van der Waals surface area contributed by atoms with Crippen LogP contribution in [0.5, 0.6) is 0 Å². The van der Waals surface area contributed by atoms with Crippen molar-refractivity contribution >= 4 is 61.0 Å². The van der Waals surface area contributed by atoms with Gasteiger partial charge in [0.25, 0.3) is 0 Å². The van der Waals surface area contributed by atoms with E-state index in [2.05, 4.69) is 117 Å². The highest BCUT2D eigenvalue weighted by Crippen LogP contribution is 2.36. The number of hydrogen-bond donors (Lipinski definition) is 0. The third kappa shape index (κ3) is 18.5. The van der Waals surface area contributed by atoms with Crippen LogP contribution in [-0.4, -0.2) is 121 Å². The summed E-state index contributed by atoms with van der Waals surface area (Å²) in [5.41, 5.74) is 5.28. The lowest BCUT2D eigenvalue weighted by atomic mass is 9.84. The number of fused-ring (bicyclic) bond motifs is 2. The predicted octanol–water partition coefficient (Wildman–Crippen LogP) is 11.8. The zero-order valence-electron chi connectivity index (χ0n) is 43.1. The van der Waals surface area contributed by atoms with E-state index in [9.17, 15) is 4.79 Å². The van der Waals surface area contributed by atoms with E-state index in [0.29, 0.717) is 57.4 Å². The van der Waals surface area contributed by atoms with Crippen molar-refractivity contribution in [2.75, 3.05) is 63.2 Å². The fourth-order valence-corrected chi connectivity index (χ4v) is 10.8. The fourth-order valence-electron chi connectivity index (χ4n) is 7.81. The molecule has 0 N–H and O–H groups in total. The van der Waals surface area contributed by atoms with E-state index in [0.717, 1.165) is 123 Å². The third-order valence-corrected chi connectivity index (χ3v) is 19.2. The maximum atomic E-state index is 11.8. The maximum absolute atomic E-state index is 11.8. The Balaban J connectivity index is 0.000000247. The SMILES string of the molecule is C=C1CCC(c2cc(N(COCC[Si](C)(C)C)COCC[Si](C)(C)C)n3nccc3n2)CC1.C[Si](C)(C)CCOCN(COCC[Si](C)(C)C)c1cc(C2CCC(=O)CC2)nc2ccnn12. The summed E-state index contributed by atoms with van der Waals surface area (Å²) in [6.07, 6.45) is 11.1. The number of rotatable bonds is 24.